The van der Waals surface area contributed by atoms with Gasteiger partial charge in [0.25, 0.3) is 0 Å². The Bertz CT molecular complexity index is 1190. The number of methoxy groups -OCH3 is 1. The summed E-state index contributed by atoms with van der Waals surface area (Å²) in [6.07, 6.45) is 1.01. The van der Waals surface area contributed by atoms with E-state index in [4.69, 9.17) is 4.74 Å². The van der Waals surface area contributed by atoms with Gasteiger partial charge in [-0.25, -0.2) is 8.42 Å². The average molecular weight is 453 g/mol. The molecule has 0 radical (unpaired) electrons. The van der Waals surface area contributed by atoms with Crippen LogP contribution in [-0.2, 0) is 14.8 Å². The molecule has 7 heteroatoms. The topological polar surface area (TPSA) is 75.7 Å². The number of fused-ring (bicyclic) bond motifs is 1. The van der Waals surface area contributed by atoms with Crippen LogP contribution in [-0.4, -0.2) is 38.8 Å². The predicted molar refractivity (Wildman–Crippen MR) is 125 cm³/mol. The van der Waals surface area contributed by atoms with E-state index in [0.29, 0.717) is 31.7 Å². The third-order valence-corrected chi connectivity index (χ3v) is 8.08. The van der Waals surface area contributed by atoms with Gasteiger partial charge in [0.05, 0.1) is 18.0 Å². The van der Waals surface area contributed by atoms with Crippen LogP contribution in [0, 0.1) is 5.92 Å². The molecule has 1 N–H and O–H groups in total. The molecule has 1 aliphatic rings. The van der Waals surface area contributed by atoms with Crippen molar-refractivity contribution in [2.24, 2.45) is 5.92 Å². The Labute approximate surface area is 189 Å². The molecule has 4 rings (SSSR count). The molecule has 1 aliphatic heterocycles. The zero-order chi connectivity index (χ0) is 22.7. The molecule has 0 aromatic heterocycles. The summed E-state index contributed by atoms with van der Waals surface area (Å²) in [4.78, 5) is 13.2. The summed E-state index contributed by atoms with van der Waals surface area (Å²) in [6, 6.07) is 20.5. The number of ether oxygens (including phenoxy) is 1. The molecule has 0 spiro atoms. The van der Waals surface area contributed by atoms with Crippen molar-refractivity contribution < 1.29 is 17.9 Å². The fourth-order valence-electron chi connectivity index (χ4n) is 4.29. The second kappa shape index (κ2) is 9.30. The summed E-state index contributed by atoms with van der Waals surface area (Å²) in [6.45, 7) is 2.65. The van der Waals surface area contributed by atoms with Crippen molar-refractivity contribution in [3.63, 3.8) is 0 Å². The summed E-state index contributed by atoms with van der Waals surface area (Å²) in [5.41, 5.74) is 1.08. The minimum Gasteiger partial charge on any atom is -0.497 e. The number of nitrogens with zero attached hydrogens (tertiary/aromatic N) is 1. The van der Waals surface area contributed by atoms with Crippen molar-refractivity contribution >= 4 is 26.7 Å². The normalized spacial score (nSPS) is 16.6. The average Bonchev–Trinajstić information content (AvgIpc) is 2.83. The molecular weight excluding hydrogens is 424 g/mol. The lowest BCUT2D eigenvalue weighted by Gasteiger charge is -2.31. The van der Waals surface area contributed by atoms with E-state index in [0.717, 1.165) is 16.3 Å². The van der Waals surface area contributed by atoms with Crippen molar-refractivity contribution in [1.29, 1.82) is 0 Å². The minimum atomic E-state index is -3.58. The third kappa shape index (κ3) is 4.49. The fourth-order valence-corrected chi connectivity index (χ4v) is 5.76. The van der Waals surface area contributed by atoms with Gasteiger partial charge in [-0.2, -0.15) is 4.31 Å². The maximum Gasteiger partial charge on any atom is 0.243 e. The van der Waals surface area contributed by atoms with Gasteiger partial charge in [-0.3, -0.25) is 4.79 Å². The van der Waals surface area contributed by atoms with Crippen LogP contribution in [0.4, 0.5) is 0 Å². The molecule has 1 fully saturated rings. The summed E-state index contributed by atoms with van der Waals surface area (Å²) in [5.74, 6) is 0.390. The molecule has 168 valence electrons. The molecule has 1 atom stereocenters. The molecule has 3 aromatic carbocycles. The van der Waals surface area contributed by atoms with Crippen LogP contribution in [0.1, 0.15) is 31.4 Å². The number of carbonyl (C=O) groups excluding carboxylic acids is 1. The molecular formula is C25H28N2O4S. The van der Waals surface area contributed by atoms with E-state index in [-0.39, 0.29) is 22.8 Å². The highest BCUT2D eigenvalue weighted by Crippen LogP contribution is 2.27. The number of benzene rings is 3. The maximum absolute atomic E-state index is 12.9. The van der Waals surface area contributed by atoms with Crippen LogP contribution < -0.4 is 10.1 Å². The summed E-state index contributed by atoms with van der Waals surface area (Å²) in [7, 11) is -2.04. The first kappa shape index (κ1) is 22.3. The Balaban J connectivity index is 1.39. The smallest absolute Gasteiger partial charge is 0.243 e. The fraction of sp³-hybridized carbons (Fsp3) is 0.320. The molecule has 6 nitrogen and oxygen atoms in total. The maximum atomic E-state index is 12.9. The van der Waals surface area contributed by atoms with Gasteiger partial charge in [0.2, 0.25) is 15.9 Å². The monoisotopic (exact) mass is 452 g/mol. The minimum absolute atomic E-state index is 0.0214. The van der Waals surface area contributed by atoms with Crippen LogP contribution in [0.5, 0.6) is 5.75 Å². The van der Waals surface area contributed by atoms with Gasteiger partial charge in [0.1, 0.15) is 5.75 Å². The standard InChI is InChI=1S/C25H28N2O4S/c1-18(23-9-5-7-19-6-3-4-8-24(19)23)26-25(28)20-14-16-27(17-15-20)32(29,30)22-12-10-21(31-2)11-13-22/h3-13,18,20H,14-17H2,1-2H3,(H,26,28). The van der Waals surface area contributed by atoms with Crippen LogP contribution in [0.2, 0.25) is 0 Å². The van der Waals surface area contributed by atoms with Gasteiger partial charge in [-0.15, -0.1) is 0 Å². The zero-order valence-electron chi connectivity index (χ0n) is 18.3. The zero-order valence-corrected chi connectivity index (χ0v) is 19.1. The van der Waals surface area contributed by atoms with Gasteiger partial charge in [0, 0.05) is 19.0 Å². The lowest BCUT2D eigenvalue weighted by molar-refractivity contribution is -0.126. The molecule has 0 saturated carbocycles. The van der Waals surface area contributed by atoms with E-state index in [9.17, 15) is 13.2 Å². The highest BCUT2D eigenvalue weighted by molar-refractivity contribution is 7.89. The molecule has 1 saturated heterocycles. The third-order valence-electron chi connectivity index (χ3n) is 6.17. The number of hydrogen-bond donors (Lipinski definition) is 1. The summed E-state index contributed by atoms with van der Waals surface area (Å²) < 4.78 is 32.4. The first-order valence-electron chi connectivity index (χ1n) is 10.8. The highest BCUT2D eigenvalue weighted by Gasteiger charge is 2.32. The largest absolute Gasteiger partial charge is 0.497 e. The number of piperidine rings is 1. The van der Waals surface area contributed by atoms with E-state index in [1.54, 1.807) is 31.4 Å². The quantitative estimate of drug-likeness (QED) is 0.610. The van der Waals surface area contributed by atoms with E-state index in [1.807, 2.05) is 31.2 Å². The molecule has 3 aromatic rings. The molecule has 1 amide bonds. The number of amides is 1. The van der Waals surface area contributed by atoms with Crippen molar-refractivity contribution in [3.8, 4) is 5.75 Å². The first-order valence-corrected chi connectivity index (χ1v) is 12.3. The van der Waals surface area contributed by atoms with Crippen LogP contribution in [0.15, 0.2) is 71.6 Å². The predicted octanol–water partition coefficient (Wildman–Crippen LogP) is 4.13. The molecule has 32 heavy (non-hydrogen) atoms. The van der Waals surface area contributed by atoms with E-state index >= 15 is 0 Å². The number of hydrogen-bond acceptors (Lipinski definition) is 4. The molecule has 0 bridgehead atoms. The Morgan fingerprint density at radius 1 is 1.00 bits per heavy atom. The molecule has 1 heterocycles. The Hall–Kier alpha value is -2.90. The van der Waals surface area contributed by atoms with Crippen LogP contribution in [0.3, 0.4) is 0 Å². The van der Waals surface area contributed by atoms with Gasteiger partial charge in [-0.1, -0.05) is 42.5 Å². The van der Waals surface area contributed by atoms with Gasteiger partial charge >= 0.3 is 0 Å². The van der Waals surface area contributed by atoms with Gasteiger partial charge < -0.3 is 10.1 Å². The Morgan fingerprint density at radius 3 is 2.34 bits per heavy atom. The van der Waals surface area contributed by atoms with Gasteiger partial charge in [0.15, 0.2) is 0 Å². The van der Waals surface area contributed by atoms with Crippen LogP contribution in [0.25, 0.3) is 10.8 Å². The highest BCUT2D eigenvalue weighted by atomic mass is 32.2. The number of rotatable bonds is 6. The Morgan fingerprint density at radius 2 is 1.66 bits per heavy atom. The van der Waals surface area contributed by atoms with Crippen LogP contribution >= 0.6 is 0 Å². The van der Waals surface area contributed by atoms with Crippen molar-refractivity contribution in [2.75, 3.05) is 20.2 Å². The molecule has 1 unspecified atom stereocenters. The summed E-state index contributed by atoms with van der Waals surface area (Å²) in [5, 5.41) is 5.40. The summed E-state index contributed by atoms with van der Waals surface area (Å²) >= 11 is 0. The number of nitrogens with one attached hydrogen (secondary N) is 1. The SMILES string of the molecule is COc1ccc(S(=O)(=O)N2CCC(C(=O)NC(C)c3cccc4ccccc34)CC2)cc1. The van der Waals surface area contributed by atoms with Crippen molar-refractivity contribution in [2.45, 2.75) is 30.7 Å². The van der Waals surface area contributed by atoms with Crippen molar-refractivity contribution in [3.05, 3.63) is 72.3 Å². The lowest BCUT2D eigenvalue weighted by atomic mass is 9.95. The second-order valence-corrected chi connectivity index (χ2v) is 10.1. The van der Waals surface area contributed by atoms with E-state index in [2.05, 4.69) is 23.5 Å². The number of carbonyl (C=O) groups is 1. The van der Waals surface area contributed by atoms with Gasteiger partial charge in [-0.05, 0) is 60.4 Å². The first-order chi connectivity index (χ1) is 15.4. The Kier molecular flexibility index (Phi) is 6.48. The van der Waals surface area contributed by atoms with E-state index < -0.39 is 10.0 Å². The van der Waals surface area contributed by atoms with E-state index in [1.165, 1.54) is 4.31 Å². The van der Waals surface area contributed by atoms with Crippen molar-refractivity contribution in [1.82, 2.24) is 9.62 Å². The second-order valence-electron chi connectivity index (χ2n) is 8.15. The number of sulfonamides is 1. The molecule has 0 aliphatic carbocycles. The lowest BCUT2D eigenvalue weighted by Crippen LogP contribution is -2.43.